The lowest BCUT2D eigenvalue weighted by molar-refractivity contribution is 0.763. The normalized spacial score (nSPS) is 11.5. The molecule has 0 saturated heterocycles. The van der Waals surface area contributed by atoms with Gasteiger partial charge in [0.2, 0.25) is 0 Å². The molecule has 0 unspecified atom stereocenters. The summed E-state index contributed by atoms with van der Waals surface area (Å²) in [7, 11) is 0. The van der Waals surface area contributed by atoms with Crippen molar-refractivity contribution in [1.82, 2.24) is 9.55 Å². The summed E-state index contributed by atoms with van der Waals surface area (Å²) in [5, 5.41) is 1.18. The third-order valence-corrected chi connectivity index (χ3v) is 5.83. The van der Waals surface area contributed by atoms with Crippen molar-refractivity contribution in [3.05, 3.63) is 148 Å². The fraction of sp³-hybridized carbons (Fsp3) is 0.0690. The lowest BCUT2D eigenvalue weighted by Crippen LogP contribution is -2.19. The van der Waals surface area contributed by atoms with E-state index in [-0.39, 0.29) is 11.5 Å². The average Bonchev–Trinajstić information content (AvgIpc) is 3.32. The Kier molecular flexibility index (Phi) is 5.54. The molecule has 0 spiro atoms. The first-order chi connectivity index (χ1) is 15.8. The van der Waals surface area contributed by atoms with Crippen molar-refractivity contribution in [3.63, 3.8) is 0 Å². The number of H-pyrrole nitrogens is 1. The number of aromatic amines is 1. The smallest absolute Gasteiger partial charge is 0.250 e. The zero-order chi connectivity index (χ0) is 21.8. The fourth-order valence-corrected chi connectivity index (χ4v) is 4.28. The second kappa shape index (κ2) is 8.94. The van der Waals surface area contributed by atoms with Crippen LogP contribution in [-0.2, 0) is 6.54 Å². The van der Waals surface area contributed by atoms with Crippen molar-refractivity contribution in [3.8, 4) is 0 Å². The van der Waals surface area contributed by atoms with Gasteiger partial charge in [-0.05, 0) is 34.4 Å². The molecule has 3 nitrogen and oxygen atoms in total. The van der Waals surface area contributed by atoms with Crippen LogP contribution in [0.2, 0.25) is 0 Å². The molecule has 0 aliphatic heterocycles. The predicted octanol–water partition coefficient (Wildman–Crippen LogP) is 6.22. The Labute approximate surface area is 187 Å². The van der Waals surface area contributed by atoms with Crippen molar-refractivity contribution in [2.24, 2.45) is 0 Å². The van der Waals surface area contributed by atoms with E-state index in [1.165, 1.54) is 16.5 Å². The van der Waals surface area contributed by atoms with Crippen LogP contribution in [0.4, 0.5) is 0 Å². The highest BCUT2D eigenvalue weighted by Crippen LogP contribution is 2.31. The zero-order valence-corrected chi connectivity index (χ0v) is 17.7. The molecule has 3 aromatic carbocycles. The van der Waals surface area contributed by atoms with Crippen LogP contribution in [-0.4, -0.2) is 9.55 Å². The number of fused-ring (bicyclic) bond motifs is 1. The molecule has 156 valence electrons. The first-order valence-electron chi connectivity index (χ1n) is 10.8. The Balaban J connectivity index is 1.48. The van der Waals surface area contributed by atoms with Crippen molar-refractivity contribution in [2.45, 2.75) is 12.5 Å². The second-order valence-electron chi connectivity index (χ2n) is 7.90. The molecular weight excluding hydrogens is 392 g/mol. The maximum Gasteiger partial charge on any atom is 0.250 e. The first-order valence-corrected chi connectivity index (χ1v) is 10.8. The highest BCUT2D eigenvalue weighted by atomic mass is 16.1. The van der Waals surface area contributed by atoms with E-state index >= 15 is 0 Å². The molecule has 0 saturated carbocycles. The summed E-state index contributed by atoms with van der Waals surface area (Å²) in [6.07, 6.45) is 8.08. The summed E-state index contributed by atoms with van der Waals surface area (Å²) in [6.45, 7) is 0.518. The van der Waals surface area contributed by atoms with E-state index in [2.05, 4.69) is 77.8 Å². The fourth-order valence-electron chi connectivity index (χ4n) is 4.28. The number of aromatic nitrogens is 2. The van der Waals surface area contributed by atoms with Gasteiger partial charge in [-0.25, -0.2) is 0 Å². The Bertz CT molecular complexity index is 1370. The van der Waals surface area contributed by atoms with Crippen LogP contribution < -0.4 is 5.56 Å². The lowest BCUT2D eigenvalue weighted by Gasteiger charge is -2.19. The van der Waals surface area contributed by atoms with Gasteiger partial charge in [0.15, 0.2) is 0 Å². The minimum Gasteiger partial charge on any atom is -0.361 e. The van der Waals surface area contributed by atoms with Gasteiger partial charge >= 0.3 is 0 Å². The SMILES string of the molecule is O=c1ccc(C(c2ccccc2)c2ccccc2)cn1CC=Cc1cccc2[nH]ccc12. The minimum absolute atomic E-state index is 0.00173. The topological polar surface area (TPSA) is 37.8 Å². The third kappa shape index (κ3) is 4.06. The second-order valence-corrected chi connectivity index (χ2v) is 7.90. The van der Waals surface area contributed by atoms with Crippen LogP contribution in [0.5, 0.6) is 0 Å². The number of allylic oxidation sites excluding steroid dienone is 1. The molecule has 5 rings (SSSR count). The van der Waals surface area contributed by atoms with Gasteiger partial charge in [-0.2, -0.15) is 0 Å². The molecule has 0 amide bonds. The predicted molar refractivity (Wildman–Crippen MR) is 132 cm³/mol. The van der Waals surface area contributed by atoms with Gasteiger partial charge in [-0.3, -0.25) is 4.79 Å². The molecule has 0 bridgehead atoms. The van der Waals surface area contributed by atoms with E-state index in [0.29, 0.717) is 6.54 Å². The highest BCUT2D eigenvalue weighted by Gasteiger charge is 2.17. The summed E-state index contributed by atoms with van der Waals surface area (Å²) in [4.78, 5) is 15.8. The van der Waals surface area contributed by atoms with Crippen molar-refractivity contribution >= 4 is 17.0 Å². The maximum atomic E-state index is 12.6. The van der Waals surface area contributed by atoms with E-state index in [0.717, 1.165) is 16.6 Å². The summed E-state index contributed by atoms with van der Waals surface area (Å²) < 4.78 is 1.78. The van der Waals surface area contributed by atoms with Gasteiger partial charge in [0.25, 0.3) is 5.56 Å². The molecule has 0 aliphatic carbocycles. The molecule has 2 heterocycles. The van der Waals surface area contributed by atoms with Crippen LogP contribution in [0.3, 0.4) is 0 Å². The molecule has 0 fully saturated rings. The van der Waals surface area contributed by atoms with Crippen molar-refractivity contribution in [1.29, 1.82) is 0 Å². The number of hydrogen-bond acceptors (Lipinski definition) is 1. The Hall–Kier alpha value is -4.11. The van der Waals surface area contributed by atoms with Crippen LogP contribution in [0.1, 0.15) is 28.2 Å². The molecule has 0 radical (unpaired) electrons. The van der Waals surface area contributed by atoms with Gasteiger partial charge in [-0.15, -0.1) is 0 Å². The lowest BCUT2D eigenvalue weighted by atomic mass is 9.86. The Morgan fingerprint density at radius 3 is 2.19 bits per heavy atom. The molecule has 0 atom stereocenters. The molecule has 1 N–H and O–H groups in total. The third-order valence-electron chi connectivity index (χ3n) is 5.83. The highest BCUT2D eigenvalue weighted by molar-refractivity contribution is 5.88. The Morgan fingerprint density at radius 2 is 1.47 bits per heavy atom. The maximum absolute atomic E-state index is 12.6. The number of rotatable bonds is 6. The molecule has 0 aliphatic rings. The number of hydrogen-bond donors (Lipinski definition) is 1. The quantitative estimate of drug-likeness (QED) is 0.350. The number of benzene rings is 3. The largest absolute Gasteiger partial charge is 0.361 e. The van der Waals surface area contributed by atoms with E-state index in [4.69, 9.17) is 0 Å². The van der Waals surface area contributed by atoms with Gasteiger partial charge in [0.1, 0.15) is 0 Å². The van der Waals surface area contributed by atoms with Gasteiger partial charge in [0, 0.05) is 41.8 Å². The van der Waals surface area contributed by atoms with E-state index in [9.17, 15) is 4.79 Å². The summed E-state index contributed by atoms with van der Waals surface area (Å²) in [5.74, 6) is 0.0711. The van der Waals surface area contributed by atoms with E-state index in [1.54, 1.807) is 10.6 Å². The molecule has 3 heteroatoms. The molecule has 5 aromatic rings. The van der Waals surface area contributed by atoms with Crippen molar-refractivity contribution in [2.75, 3.05) is 0 Å². The minimum atomic E-state index is -0.00173. The number of nitrogens with one attached hydrogen (secondary N) is 1. The Morgan fingerprint density at radius 1 is 0.750 bits per heavy atom. The average molecular weight is 417 g/mol. The number of pyridine rings is 1. The van der Waals surface area contributed by atoms with E-state index < -0.39 is 0 Å². The van der Waals surface area contributed by atoms with Gasteiger partial charge < -0.3 is 9.55 Å². The summed E-state index contributed by atoms with van der Waals surface area (Å²) >= 11 is 0. The summed E-state index contributed by atoms with van der Waals surface area (Å²) in [5.41, 5.74) is 5.76. The van der Waals surface area contributed by atoms with Gasteiger partial charge in [-0.1, -0.05) is 91.0 Å². The molecule has 2 aromatic heterocycles. The molecular formula is C29H24N2O. The monoisotopic (exact) mass is 416 g/mol. The number of nitrogens with zero attached hydrogens (tertiary/aromatic N) is 1. The summed E-state index contributed by atoms with van der Waals surface area (Å²) in [6, 6.07) is 32.8. The zero-order valence-electron chi connectivity index (χ0n) is 17.7. The standard InChI is InChI=1S/C29H24N2O/c32-28-17-16-25(29(23-9-3-1-4-10-23)24-11-5-2-6-12-24)21-31(28)20-8-14-22-13-7-15-27-26(22)18-19-30-27/h1-19,21,29-30H,20H2. The van der Waals surface area contributed by atoms with Crippen LogP contribution >= 0.6 is 0 Å². The van der Waals surface area contributed by atoms with Gasteiger partial charge in [0.05, 0.1) is 0 Å². The van der Waals surface area contributed by atoms with Crippen LogP contribution in [0.15, 0.2) is 120 Å². The van der Waals surface area contributed by atoms with Crippen LogP contribution in [0, 0.1) is 0 Å². The van der Waals surface area contributed by atoms with Crippen molar-refractivity contribution < 1.29 is 0 Å². The first kappa shape index (κ1) is 19.8. The van der Waals surface area contributed by atoms with E-state index in [1.807, 2.05) is 42.7 Å². The van der Waals surface area contributed by atoms with Crippen LogP contribution in [0.25, 0.3) is 17.0 Å². The molecule has 32 heavy (non-hydrogen) atoms.